The van der Waals surface area contributed by atoms with E-state index in [1.165, 1.54) is 5.56 Å². The highest BCUT2D eigenvalue weighted by Crippen LogP contribution is 2.18. The maximum atomic E-state index is 9.30. The van der Waals surface area contributed by atoms with Crippen LogP contribution in [-0.4, -0.2) is 33.3 Å². The van der Waals surface area contributed by atoms with Crippen LogP contribution in [0.15, 0.2) is 59.1 Å². The van der Waals surface area contributed by atoms with Gasteiger partial charge in [-0.25, -0.2) is 0 Å². The molecule has 1 aromatic heterocycles. The molecule has 5 nitrogen and oxygen atoms in total. The summed E-state index contributed by atoms with van der Waals surface area (Å²) in [7, 11) is 0. The van der Waals surface area contributed by atoms with Crippen molar-refractivity contribution in [3.05, 3.63) is 71.6 Å². The van der Waals surface area contributed by atoms with Crippen molar-refractivity contribution in [2.24, 2.45) is 0 Å². The standard InChI is InChI=1S/C19H21N3O2/c1-15-6-5-9-17(12-15)19-20-18(24-21-19)14-22(10-11-23)13-16-7-3-2-4-8-16/h2-9,12,23H,10-11,13-14H2,1H3. The second-order valence-electron chi connectivity index (χ2n) is 5.80. The minimum atomic E-state index is 0.0890. The number of aliphatic hydroxyl groups is 1. The Balaban J connectivity index is 1.71. The molecule has 0 spiro atoms. The van der Waals surface area contributed by atoms with E-state index in [9.17, 15) is 5.11 Å². The summed E-state index contributed by atoms with van der Waals surface area (Å²) in [5.41, 5.74) is 3.29. The summed E-state index contributed by atoms with van der Waals surface area (Å²) in [6.07, 6.45) is 0. The minimum absolute atomic E-state index is 0.0890. The van der Waals surface area contributed by atoms with Gasteiger partial charge in [0.25, 0.3) is 0 Å². The third kappa shape index (κ3) is 4.28. The normalized spacial score (nSPS) is 11.1. The van der Waals surface area contributed by atoms with Gasteiger partial charge in [-0.05, 0) is 18.6 Å². The van der Waals surface area contributed by atoms with Crippen LogP contribution < -0.4 is 0 Å². The van der Waals surface area contributed by atoms with Crippen LogP contribution in [0.25, 0.3) is 11.4 Å². The smallest absolute Gasteiger partial charge is 0.241 e. The third-order valence-electron chi connectivity index (χ3n) is 3.77. The number of aliphatic hydroxyl groups excluding tert-OH is 1. The van der Waals surface area contributed by atoms with Gasteiger partial charge in [-0.15, -0.1) is 0 Å². The summed E-state index contributed by atoms with van der Waals surface area (Å²) in [6.45, 7) is 3.91. The van der Waals surface area contributed by atoms with Gasteiger partial charge in [0.05, 0.1) is 13.2 Å². The lowest BCUT2D eigenvalue weighted by Crippen LogP contribution is -2.26. The molecule has 0 aliphatic heterocycles. The first kappa shape index (κ1) is 16.4. The zero-order valence-electron chi connectivity index (χ0n) is 13.7. The van der Waals surface area contributed by atoms with Crippen molar-refractivity contribution in [3.63, 3.8) is 0 Å². The highest BCUT2D eigenvalue weighted by atomic mass is 16.5. The van der Waals surface area contributed by atoms with Crippen LogP contribution in [0.5, 0.6) is 0 Å². The summed E-state index contributed by atoms with van der Waals surface area (Å²) in [6, 6.07) is 18.2. The summed E-state index contributed by atoms with van der Waals surface area (Å²) in [4.78, 5) is 6.57. The maximum Gasteiger partial charge on any atom is 0.241 e. The Hall–Kier alpha value is -2.50. The van der Waals surface area contributed by atoms with Gasteiger partial charge in [0.15, 0.2) is 0 Å². The number of hydrogen-bond donors (Lipinski definition) is 1. The molecular weight excluding hydrogens is 302 g/mol. The van der Waals surface area contributed by atoms with Gasteiger partial charge in [-0.1, -0.05) is 59.3 Å². The Kier molecular flexibility index (Phi) is 5.36. The number of aromatic nitrogens is 2. The van der Waals surface area contributed by atoms with E-state index in [1.54, 1.807) is 0 Å². The lowest BCUT2D eigenvalue weighted by molar-refractivity contribution is 0.167. The topological polar surface area (TPSA) is 62.4 Å². The van der Waals surface area contributed by atoms with Crippen molar-refractivity contribution in [2.75, 3.05) is 13.2 Å². The molecule has 124 valence electrons. The Bertz CT molecular complexity index is 771. The predicted molar refractivity (Wildman–Crippen MR) is 92.1 cm³/mol. The van der Waals surface area contributed by atoms with Gasteiger partial charge in [-0.3, -0.25) is 4.90 Å². The fourth-order valence-corrected chi connectivity index (χ4v) is 2.61. The van der Waals surface area contributed by atoms with Crippen molar-refractivity contribution < 1.29 is 9.63 Å². The van der Waals surface area contributed by atoms with Crippen molar-refractivity contribution in [3.8, 4) is 11.4 Å². The molecule has 0 atom stereocenters. The Morgan fingerprint density at radius 3 is 2.62 bits per heavy atom. The van der Waals surface area contributed by atoms with Gasteiger partial charge >= 0.3 is 0 Å². The molecule has 0 amide bonds. The highest BCUT2D eigenvalue weighted by molar-refractivity contribution is 5.55. The molecule has 0 unspecified atom stereocenters. The lowest BCUT2D eigenvalue weighted by Gasteiger charge is -2.19. The SMILES string of the molecule is Cc1cccc(-c2noc(CN(CCO)Cc3ccccc3)n2)c1. The summed E-state index contributed by atoms with van der Waals surface area (Å²) in [5.74, 6) is 1.15. The molecule has 5 heteroatoms. The van der Waals surface area contributed by atoms with Crippen LogP contribution >= 0.6 is 0 Å². The zero-order chi connectivity index (χ0) is 16.8. The number of hydrogen-bond acceptors (Lipinski definition) is 5. The van der Waals surface area contributed by atoms with Gasteiger partial charge < -0.3 is 9.63 Å². The molecule has 0 saturated carbocycles. The first-order chi connectivity index (χ1) is 11.7. The molecule has 0 fully saturated rings. The molecule has 0 bridgehead atoms. The minimum Gasteiger partial charge on any atom is -0.395 e. The molecular formula is C19H21N3O2. The van der Waals surface area contributed by atoms with Crippen LogP contribution in [0.4, 0.5) is 0 Å². The van der Waals surface area contributed by atoms with E-state index in [0.717, 1.165) is 17.7 Å². The lowest BCUT2D eigenvalue weighted by atomic mass is 10.1. The third-order valence-corrected chi connectivity index (χ3v) is 3.77. The van der Waals surface area contributed by atoms with E-state index in [-0.39, 0.29) is 6.61 Å². The fraction of sp³-hybridized carbons (Fsp3) is 0.263. The van der Waals surface area contributed by atoms with E-state index in [0.29, 0.717) is 24.8 Å². The first-order valence-corrected chi connectivity index (χ1v) is 8.01. The van der Waals surface area contributed by atoms with E-state index >= 15 is 0 Å². The van der Waals surface area contributed by atoms with E-state index < -0.39 is 0 Å². The van der Waals surface area contributed by atoms with Gasteiger partial charge in [0, 0.05) is 18.7 Å². The summed E-state index contributed by atoms with van der Waals surface area (Å²) < 4.78 is 5.39. The zero-order valence-corrected chi connectivity index (χ0v) is 13.7. The van der Waals surface area contributed by atoms with Gasteiger partial charge in [0.2, 0.25) is 11.7 Å². The van der Waals surface area contributed by atoms with E-state index in [1.807, 2.05) is 49.4 Å². The van der Waals surface area contributed by atoms with Crippen LogP contribution in [0.1, 0.15) is 17.0 Å². The van der Waals surface area contributed by atoms with E-state index in [4.69, 9.17) is 4.52 Å². The Morgan fingerprint density at radius 1 is 1.04 bits per heavy atom. The van der Waals surface area contributed by atoms with Crippen molar-refractivity contribution in [1.29, 1.82) is 0 Å². The molecule has 0 saturated heterocycles. The fourth-order valence-electron chi connectivity index (χ4n) is 2.61. The average molecular weight is 323 g/mol. The van der Waals surface area contributed by atoms with Crippen molar-refractivity contribution in [2.45, 2.75) is 20.0 Å². The summed E-state index contributed by atoms with van der Waals surface area (Å²) in [5, 5.41) is 13.4. The average Bonchev–Trinajstić information content (AvgIpc) is 3.04. The molecule has 2 aromatic carbocycles. The Labute approximate surface area is 141 Å². The quantitative estimate of drug-likeness (QED) is 0.724. The van der Waals surface area contributed by atoms with Gasteiger partial charge in [-0.2, -0.15) is 4.98 Å². The number of benzene rings is 2. The number of aryl methyl sites for hydroxylation is 1. The Morgan fingerprint density at radius 2 is 1.88 bits per heavy atom. The van der Waals surface area contributed by atoms with Crippen LogP contribution in [0.2, 0.25) is 0 Å². The predicted octanol–water partition coefficient (Wildman–Crippen LogP) is 3.04. The molecule has 0 radical (unpaired) electrons. The van der Waals surface area contributed by atoms with Crippen molar-refractivity contribution in [1.82, 2.24) is 15.0 Å². The second-order valence-corrected chi connectivity index (χ2v) is 5.80. The molecule has 1 N–H and O–H groups in total. The monoisotopic (exact) mass is 323 g/mol. The van der Waals surface area contributed by atoms with Gasteiger partial charge in [0.1, 0.15) is 0 Å². The molecule has 1 heterocycles. The van der Waals surface area contributed by atoms with Crippen LogP contribution in [-0.2, 0) is 13.1 Å². The molecule has 0 aliphatic carbocycles. The molecule has 3 aromatic rings. The van der Waals surface area contributed by atoms with Crippen molar-refractivity contribution >= 4 is 0 Å². The van der Waals surface area contributed by atoms with Crippen LogP contribution in [0.3, 0.4) is 0 Å². The summed E-state index contributed by atoms with van der Waals surface area (Å²) >= 11 is 0. The highest BCUT2D eigenvalue weighted by Gasteiger charge is 2.13. The first-order valence-electron chi connectivity index (χ1n) is 8.01. The second kappa shape index (κ2) is 7.86. The molecule has 0 aliphatic rings. The number of nitrogens with zero attached hydrogens (tertiary/aromatic N) is 3. The molecule has 24 heavy (non-hydrogen) atoms. The number of rotatable bonds is 7. The van der Waals surface area contributed by atoms with Crippen LogP contribution in [0, 0.1) is 6.92 Å². The molecule has 3 rings (SSSR count). The van der Waals surface area contributed by atoms with E-state index in [2.05, 4.69) is 27.2 Å². The largest absolute Gasteiger partial charge is 0.395 e. The maximum absolute atomic E-state index is 9.30.